The van der Waals surface area contributed by atoms with Crippen LogP contribution in [0.2, 0.25) is 0 Å². The average Bonchev–Trinajstić information content (AvgIpc) is 3.06. The topological polar surface area (TPSA) is 65.4 Å². The number of hydrogen-bond acceptors (Lipinski definition) is 5. The van der Waals surface area contributed by atoms with Gasteiger partial charge in [0.05, 0.1) is 5.01 Å². The van der Waals surface area contributed by atoms with Crippen LogP contribution in [0.1, 0.15) is 22.4 Å². The number of hydrogen-bond donors (Lipinski definition) is 2. The molecule has 25 heavy (non-hydrogen) atoms. The summed E-state index contributed by atoms with van der Waals surface area (Å²) in [6.07, 6.45) is 5.73. The Morgan fingerprint density at radius 3 is 2.72 bits per heavy atom. The van der Waals surface area contributed by atoms with E-state index in [1.807, 2.05) is 37.5 Å². The molecule has 0 saturated heterocycles. The van der Waals surface area contributed by atoms with E-state index < -0.39 is 0 Å². The monoisotopic (exact) mass is 474 g/mol. The number of halogens is 1. The lowest BCUT2D eigenvalue weighted by Crippen LogP contribution is -2.38. The Bertz CT molecular complexity index is 671. The quantitative estimate of drug-likeness (QED) is 0.367. The molecule has 2 aromatic rings. The molecular formula is C17H27IN6S. The van der Waals surface area contributed by atoms with Crippen LogP contribution < -0.4 is 15.5 Å². The first kappa shape index (κ1) is 21.6. The first-order chi connectivity index (χ1) is 11.6. The fourth-order valence-corrected chi connectivity index (χ4v) is 3.15. The normalized spacial score (nSPS) is 11.0. The summed E-state index contributed by atoms with van der Waals surface area (Å²) in [7, 11) is 5.78. The summed E-state index contributed by atoms with van der Waals surface area (Å²) in [6.45, 7) is 3.64. The molecule has 6 nitrogen and oxygen atoms in total. The molecule has 0 fully saturated rings. The molecule has 2 heterocycles. The van der Waals surface area contributed by atoms with E-state index in [0.717, 1.165) is 41.7 Å². The summed E-state index contributed by atoms with van der Waals surface area (Å²) in [5.41, 5.74) is 1.14. The van der Waals surface area contributed by atoms with E-state index in [4.69, 9.17) is 0 Å². The zero-order valence-corrected chi connectivity index (χ0v) is 18.4. The highest BCUT2D eigenvalue weighted by molar-refractivity contribution is 14.0. The van der Waals surface area contributed by atoms with Crippen molar-refractivity contribution >= 4 is 47.1 Å². The lowest BCUT2D eigenvalue weighted by atomic mass is 10.2. The molecule has 0 aliphatic rings. The van der Waals surface area contributed by atoms with E-state index in [1.165, 1.54) is 4.88 Å². The van der Waals surface area contributed by atoms with Gasteiger partial charge in [-0.25, -0.2) is 9.97 Å². The Balaban J connectivity index is 0.00000312. The molecule has 0 spiro atoms. The van der Waals surface area contributed by atoms with Crippen LogP contribution in [0.4, 0.5) is 5.82 Å². The average molecular weight is 474 g/mol. The molecule has 0 unspecified atom stereocenters. The van der Waals surface area contributed by atoms with E-state index in [-0.39, 0.29) is 24.0 Å². The van der Waals surface area contributed by atoms with Crippen molar-refractivity contribution < 1.29 is 0 Å². The summed E-state index contributed by atoms with van der Waals surface area (Å²) in [4.78, 5) is 16.5. The number of thiazole rings is 1. The highest BCUT2D eigenvalue weighted by Gasteiger charge is 2.06. The number of aromatic nitrogens is 2. The molecule has 138 valence electrons. The second-order valence-electron chi connectivity index (χ2n) is 5.56. The molecule has 2 aromatic heterocycles. The minimum absolute atomic E-state index is 0. The summed E-state index contributed by atoms with van der Waals surface area (Å²) < 4.78 is 0. The van der Waals surface area contributed by atoms with Crippen LogP contribution in [0.25, 0.3) is 0 Å². The van der Waals surface area contributed by atoms with E-state index in [9.17, 15) is 0 Å². The third-order valence-electron chi connectivity index (χ3n) is 3.54. The summed E-state index contributed by atoms with van der Waals surface area (Å²) in [5.74, 6) is 1.76. The molecule has 0 atom stereocenters. The van der Waals surface area contributed by atoms with Crippen LogP contribution in [0.3, 0.4) is 0 Å². The number of pyridine rings is 1. The maximum absolute atomic E-state index is 4.44. The van der Waals surface area contributed by atoms with Crippen molar-refractivity contribution in [1.82, 2.24) is 20.6 Å². The first-order valence-corrected chi connectivity index (χ1v) is 8.95. The van der Waals surface area contributed by atoms with Crippen LogP contribution in [0.15, 0.2) is 29.5 Å². The van der Waals surface area contributed by atoms with Crippen molar-refractivity contribution in [2.45, 2.75) is 26.3 Å². The lowest BCUT2D eigenvalue weighted by molar-refractivity contribution is 0.788. The fourth-order valence-electron chi connectivity index (χ4n) is 2.29. The van der Waals surface area contributed by atoms with Crippen LogP contribution >= 0.6 is 35.3 Å². The van der Waals surface area contributed by atoms with Crippen LogP contribution in [-0.2, 0) is 19.4 Å². The molecule has 0 amide bonds. The van der Waals surface area contributed by atoms with Gasteiger partial charge < -0.3 is 15.5 Å². The van der Waals surface area contributed by atoms with Crippen LogP contribution in [-0.4, -0.2) is 43.6 Å². The van der Waals surface area contributed by atoms with Gasteiger partial charge in [0.1, 0.15) is 5.82 Å². The minimum atomic E-state index is 0. The maximum atomic E-state index is 4.44. The molecule has 2 N–H and O–H groups in total. The number of aliphatic imine (C=N–C) groups is 1. The maximum Gasteiger partial charge on any atom is 0.191 e. The number of guanidine groups is 1. The van der Waals surface area contributed by atoms with Gasteiger partial charge in [0.25, 0.3) is 0 Å². The first-order valence-electron chi connectivity index (χ1n) is 8.13. The van der Waals surface area contributed by atoms with E-state index in [1.54, 1.807) is 18.4 Å². The van der Waals surface area contributed by atoms with Gasteiger partial charge in [0.15, 0.2) is 5.96 Å². The summed E-state index contributed by atoms with van der Waals surface area (Å²) >= 11 is 1.78. The van der Waals surface area contributed by atoms with Crippen molar-refractivity contribution in [3.63, 3.8) is 0 Å². The predicted octanol–water partition coefficient (Wildman–Crippen LogP) is 2.69. The number of nitrogens with zero attached hydrogens (tertiary/aromatic N) is 4. The third-order valence-corrected chi connectivity index (χ3v) is 4.74. The fraction of sp³-hybridized carbons (Fsp3) is 0.471. The van der Waals surface area contributed by atoms with E-state index in [0.29, 0.717) is 6.54 Å². The highest BCUT2D eigenvalue weighted by Crippen LogP contribution is 2.14. The Morgan fingerprint density at radius 1 is 1.28 bits per heavy atom. The van der Waals surface area contributed by atoms with Gasteiger partial charge >= 0.3 is 0 Å². The number of anilines is 1. The molecule has 0 aliphatic carbocycles. The number of nitrogens with one attached hydrogen (secondary N) is 2. The highest BCUT2D eigenvalue weighted by atomic mass is 127. The van der Waals surface area contributed by atoms with Gasteiger partial charge in [-0.05, 0) is 12.5 Å². The van der Waals surface area contributed by atoms with Gasteiger partial charge in [-0.15, -0.1) is 35.3 Å². The zero-order valence-electron chi connectivity index (χ0n) is 15.2. The van der Waals surface area contributed by atoms with Crippen molar-refractivity contribution in [1.29, 1.82) is 0 Å². The molecule has 0 aliphatic heterocycles. The SMILES string of the molecule is CCc1cnc(CCNC(=NC)NCc2cccnc2N(C)C)s1.I. The van der Waals surface area contributed by atoms with Gasteiger partial charge in [-0.3, -0.25) is 4.99 Å². The molecule has 0 radical (unpaired) electrons. The standard InChI is InChI=1S/C17H26N6S.HI/c1-5-14-12-21-15(24-14)8-10-20-17(18-2)22-11-13-7-6-9-19-16(13)23(3)4;/h6-7,9,12H,5,8,10-11H2,1-4H3,(H2,18,20,22);1H. The molecule has 2 rings (SSSR count). The Morgan fingerprint density at radius 2 is 2.08 bits per heavy atom. The largest absolute Gasteiger partial charge is 0.362 e. The third kappa shape index (κ3) is 6.77. The minimum Gasteiger partial charge on any atom is -0.362 e. The molecule has 0 bridgehead atoms. The molecule has 8 heteroatoms. The zero-order chi connectivity index (χ0) is 17.4. The Hall–Kier alpha value is -1.42. The second kappa shape index (κ2) is 11.2. The van der Waals surface area contributed by atoms with Crippen molar-refractivity contribution in [2.24, 2.45) is 4.99 Å². The van der Waals surface area contributed by atoms with Gasteiger partial charge in [0.2, 0.25) is 0 Å². The lowest BCUT2D eigenvalue weighted by Gasteiger charge is -2.17. The Kier molecular flexibility index (Phi) is 9.73. The van der Waals surface area contributed by atoms with Crippen LogP contribution in [0, 0.1) is 0 Å². The van der Waals surface area contributed by atoms with Gasteiger partial charge in [-0.1, -0.05) is 13.0 Å². The molecular weight excluding hydrogens is 447 g/mol. The number of rotatable bonds is 7. The van der Waals surface area contributed by atoms with E-state index >= 15 is 0 Å². The van der Waals surface area contributed by atoms with Crippen molar-refractivity contribution in [3.8, 4) is 0 Å². The van der Waals surface area contributed by atoms with Crippen molar-refractivity contribution in [2.75, 3.05) is 32.6 Å². The molecule has 0 saturated carbocycles. The van der Waals surface area contributed by atoms with Crippen LogP contribution in [0.5, 0.6) is 0 Å². The second-order valence-corrected chi connectivity index (χ2v) is 6.76. The Labute approximate surface area is 171 Å². The van der Waals surface area contributed by atoms with Gasteiger partial charge in [-0.2, -0.15) is 0 Å². The molecule has 0 aromatic carbocycles. The predicted molar refractivity (Wildman–Crippen MR) is 117 cm³/mol. The van der Waals surface area contributed by atoms with E-state index in [2.05, 4.69) is 38.6 Å². The number of aryl methyl sites for hydroxylation is 1. The van der Waals surface area contributed by atoms with Crippen molar-refractivity contribution in [3.05, 3.63) is 40.0 Å². The summed E-state index contributed by atoms with van der Waals surface area (Å²) in [6, 6.07) is 4.03. The van der Waals surface area contributed by atoms with Gasteiger partial charge in [0, 0.05) is 63.5 Å². The summed E-state index contributed by atoms with van der Waals surface area (Å²) in [5, 5.41) is 7.84. The smallest absolute Gasteiger partial charge is 0.191 e.